The molecule has 5 nitrogen and oxygen atoms in total. The molecule has 0 radical (unpaired) electrons. The van der Waals surface area contributed by atoms with E-state index in [9.17, 15) is 0 Å². The van der Waals surface area contributed by atoms with Gasteiger partial charge in [-0.1, -0.05) is 111 Å². The molecule has 4 aromatic rings. The maximum absolute atomic E-state index is 6.24. The summed E-state index contributed by atoms with van der Waals surface area (Å²) >= 11 is 0. The first-order valence-electron chi connectivity index (χ1n) is 12.9. The van der Waals surface area contributed by atoms with Crippen LogP contribution in [-0.4, -0.2) is 11.6 Å². The van der Waals surface area contributed by atoms with Crippen LogP contribution in [0.15, 0.2) is 97.1 Å². The third-order valence-electron chi connectivity index (χ3n) is 5.81. The monoisotopic (exact) mass is 497 g/mol. The Morgan fingerprint density at radius 2 is 1.11 bits per heavy atom. The molecular formula is C32H35NO4. The maximum Gasteiger partial charge on any atom is 0.257 e. The van der Waals surface area contributed by atoms with Gasteiger partial charge in [0.2, 0.25) is 0 Å². The van der Waals surface area contributed by atoms with Crippen molar-refractivity contribution in [2.24, 2.45) is 0 Å². The van der Waals surface area contributed by atoms with Crippen LogP contribution in [0.3, 0.4) is 0 Å². The average Bonchev–Trinajstić information content (AvgIpc) is 2.95. The summed E-state index contributed by atoms with van der Waals surface area (Å²) in [4.78, 5) is 4.83. The molecule has 0 aliphatic rings. The van der Waals surface area contributed by atoms with Crippen LogP contribution in [-0.2, 0) is 31.2 Å². The van der Waals surface area contributed by atoms with Gasteiger partial charge in [-0.3, -0.25) is 0 Å². The molecule has 0 spiro atoms. The smallest absolute Gasteiger partial charge is 0.257 e. The predicted octanol–water partition coefficient (Wildman–Crippen LogP) is 7.53. The van der Waals surface area contributed by atoms with E-state index in [1.165, 1.54) is 0 Å². The second kappa shape index (κ2) is 14.7. The number of rotatable bonds is 15. The summed E-state index contributed by atoms with van der Waals surface area (Å²) in [5.41, 5.74) is 3.93. The summed E-state index contributed by atoms with van der Waals surface area (Å²) in [6, 6.07) is 32.1. The quantitative estimate of drug-likeness (QED) is 0.159. The van der Waals surface area contributed by atoms with Crippen molar-refractivity contribution >= 4 is 0 Å². The van der Waals surface area contributed by atoms with Gasteiger partial charge in [0.05, 0.1) is 19.8 Å². The fourth-order valence-electron chi connectivity index (χ4n) is 3.76. The Labute approximate surface area is 220 Å². The summed E-state index contributed by atoms with van der Waals surface area (Å²) in [7, 11) is 0. The molecule has 0 amide bonds. The molecule has 0 aliphatic carbocycles. The Morgan fingerprint density at radius 3 is 1.68 bits per heavy atom. The zero-order chi connectivity index (χ0) is 25.5. The first-order valence-corrected chi connectivity index (χ1v) is 12.9. The van der Waals surface area contributed by atoms with Gasteiger partial charge in [-0.25, -0.2) is 4.98 Å². The van der Waals surface area contributed by atoms with E-state index in [2.05, 4.69) is 6.92 Å². The molecule has 0 fully saturated rings. The highest BCUT2D eigenvalue weighted by molar-refractivity contribution is 5.44. The van der Waals surface area contributed by atoms with Gasteiger partial charge >= 0.3 is 0 Å². The van der Waals surface area contributed by atoms with Crippen LogP contribution in [0, 0.1) is 0 Å². The van der Waals surface area contributed by atoms with Crippen LogP contribution in [0.5, 0.6) is 17.4 Å². The van der Waals surface area contributed by atoms with E-state index in [1.807, 2.05) is 97.1 Å². The van der Waals surface area contributed by atoms with E-state index in [-0.39, 0.29) is 0 Å². The van der Waals surface area contributed by atoms with E-state index in [4.69, 9.17) is 23.9 Å². The third kappa shape index (κ3) is 8.65. The normalized spacial score (nSPS) is 10.7. The van der Waals surface area contributed by atoms with Gasteiger partial charge in [-0.2, -0.15) is 0 Å². The molecule has 1 heterocycles. The van der Waals surface area contributed by atoms with Crippen LogP contribution in [0.4, 0.5) is 0 Å². The van der Waals surface area contributed by atoms with Gasteiger partial charge in [-0.05, 0) is 23.1 Å². The molecule has 0 N–H and O–H groups in total. The van der Waals surface area contributed by atoms with Gasteiger partial charge in [0.15, 0.2) is 5.75 Å². The zero-order valence-electron chi connectivity index (χ0n) is 21.5. The fraction of sp³-hybridized carbons (Fsp3) is 0.281. The third-order valence-corrected chi connectivity index (χ3v) is 5.81. The minimum absolute atomic E-state index is 0.295. The van der Waals surface area contributed by atoms with Gasteiger partial charge in [-0.15, -0.1) is 0 Å². The van der Waals surface area contributed by atoms with Crippen LogP contribution >= 0.6 is 0 Å². The van der Waals surface area contributed by atoms with Gasteiger partial charge < -0.3 is 18.9 Å². The summed E-state index contributed by atoms with van der Waals surface area (Å²) in [5.74, 6) is 1.66. The predicted molar refractivity (Wildman–Crippen MR) is 146 cm³/mol. The van der Waals surface area contributed by atoms with Crippen LogP contribution in [0.25, 0.3) is 0 Å². The molecule has 0 bridgehead atoms. The number of ether oxygens (including phenoxy) is 4. The number of aromatic nitrogens is 1. The van der Waals surface area contributed by atoms with E-state index in [1.54, 1.807) is 0 Å². The lowest BCUT2D eigenvalue weighted by atomic mass is 10.2. The highest BCUT2D eigenvalue weighted by atomic mass is 16.5. The first kappa shape index (κ1) is 26.2. The first-order chi connectivity index (χ1) is 18.3. The highest BCUT2D eigenvalue weighted by Crippen LogP contribution is 2.34. The number of benzene rings is 3. The molecule has 37 heavy (non-hydrogen) atoms. The SMILES string of the molecule is CCCCCOc1nc(COCc2ccccc2)c(OCc2ccccc2)cc1OCc1ccccc1. The summed E-state index contributed by atoms with van der Waals surface area (Å²) < 4.78 is 24.6. The largest absolute Gasteiger partial charge is 0.487 e. The molecule has 3 aromatic carbocycles. The maximum atomic E-state index is 6.24. The molecule has 0 aliphatic heterocycles. The fourth-order valence-corrected chi connectivity index (χ4v) is 3.76. The lowest BCUT2D eigenvalue weighted by Crippen LogP contribution is -2.08. The number of pyridine rings is 1. The van der Waals surface area contributed by atoms with Gasteiger partial charge in [0, 0.05) is 6.07 Å². The topological polar surface area (TPSA) is 49.8 Å². The molecule has 5 heteroatoms. The molecule has 0 unspecified atom stereocenters. The molecule has 0 saturated heterocycles. The van der Waals surface area contributed by atoms with E-state index >= 15 is 0 Å². The van der Waals surface area contributed by atoms with Gasteiger partial charge in [0.1, 0.15) is 24.7 Å². The van der Waals surface area contributed by atoms with Crippen molar-refractivity contribution in [3.05, 3.63) is 119 Å². The Kier molecular flexibility index (Phi) is 10.4. The minimum Gasteiger partial charge on any atom is -0.487 e. The van der Waals surface area contributed by atoms with Gasteiger partial charge in [0.25, 0.3) is 5.88 Å². The van der Waals surface area contributed by atoms with Crippen LogP contribution in [0.1, 0.15) is 48.6 Å². The Bertz CT molecular complexity index is 1180. The zero-order valence-corrected chi connectivity index (χ0v) is 21.5. The Morgan fingerprint density at radius 1 is 0.568 bits per heavy atom. The number of hydrogen-bond donors (Lipinski definition) is 0. The number of hydrogen-bond acceptors (Lipinski definition) is 5. The van der Waals surface area contributed by atoms with Crippen LogP contribution < -0.4 is 14.2 Å². The average molecular weight is 498 g/mol. The van der Waals surface area contributed by atoms with Crippen molar-refractivity contribution in [1.29, 1.82) is 0 Å². The standard InChI is InChI=1S/C32H35NO4/c1-2-3-13-20-35-32-31(37-24-28-18-11-6-12-19-28)21-30(36-23-27-16-9-5-10-17-27)29(33-32)25-34-22-26-14-7-4-8-15-26/h4-12,14-19,21H,2-3,13,20,22-25H2,1H3. The van der Waals surface area contributed by atoms with E-state index in [0.29, 0.717) is 56.1 Å². The molecule has 4 rings (SSSR count). The second-order valence-electron chi connectivity index (χ2n) is 8.82. The van der Waals surface area contributed by atoms with E-state index in [0.717, 1.165) is 36.0 Å². The molecule has 0 saturated carbocycles. The number of unbranched alkanes of at least 4 members (excludes halogenated alkanes) is 2. The van der Waals surface area contributed by atoms with Crippen molar-refractivity contribution < 1.29 is 18.9 Å². The molecular weight excluding hydrogens is 462 g/mol. The summed E-state index contributed by atoms with van der Waals surface area (Å²) in [6.45, 7) is 4.37. The van der Waals surface area contributed by atoms with Crippen molar-refractivity contribution in [2.45, 2.75) is 52.6 Å². The highest BCUT2D eigenvalue weighted by Gasteiger charge is 2.17. The van der Waals surface area contributed by atoms with Crippen molar-refractivity contribution in [3.8, 4) is 17.4 Å². The van der Waals surface area contributed by atoms with Crippen molar-refractivity contribution in [3.63, 3.8) is 0 Å². The van der Waals surface area contributed by atoms with Crippen molar-refractivity contribution in [1.82, 2.24) is 4.98 Å². The lowest BCUT2D eigenvalue weighted by Gasteiger charge is -2.17. The minimum atomic E-state index is 0.295. The molecule has 0 atom stereocenters. The lowest BCUT2D eigenvalue weighted by molar-refractivity contribution is 0.100. The number of nitrogens with zero attached hydrogens (tertiary/aromatic N) is 1. The van der Waals surface area contributed by atoms with Crippen LogP contribution in [0.2, 0.25) is 0 Å². The summed E-state index contributed by atoms with van der Waals surface area (Å²) in [5, 5.41) is 0. The molecule has 192 valence electrons. The Balaban J connectivity index is 1.55. The second-order valence-corrected chi connectivity index (χ2v) is 8.82. The van der Waals surface area contributed by atoms with Crippen molar-refractivity contribution in [2.75, 3.05) is 6.61 Å². The Hall–Kier alpha value is -3.83. The van der Waals surface area contributed by atoms with E-state index < -0.39 is 0 Å². The summed E-state index contributed by atoms with van der Waals surface area (Å²) in [6.07, 6.45) is 3.19. The molecule has 1 aromatic heterocycles.